The second-order valence-electron chi connectivity index (χ2n) is 4.12. The highest BCUT2D eigenvalue weighted by molar-refractivity contribution is 5.66. The summed E-state index contributed by atoms with van der Waals surface area (Å²) >= 11 is 0. The van der Waals surface area contributed by atoms with Gasteiger partial charge in [-0.3, -0.25) is 4.79 Å². The van der Waals surface area contributed by atoms with Gasteiger partial charge in [-0.15, -0.1) is 0 Å². The molecule has 1 aliphatic rings. The summed E-state index contributed by atoms with van der Waals surface area (Å²) < 4.78 is 11.3. The number of aliphatic carboxylic acids is 1. The monoisotopic (exact) mass is 236 g/mol. The van der Waals surface area contributed by atoms with Crippen molar-refractivity contribution in [2.75, 3.05) is 13.2 Å². The third-order valence-electron chi connectivity index (χ3n) is 2.82. The van der Waals surface area contributed by atoms with Crippen LogP contribution in [0.4, 0.5) is 0 Å². The lowest BCUT2D eigenvalue weighted by atomic mass is 10.1. The Labute approximate surface area is 100 Å². The molecule has 4 nitrogen and oxygen atoms in total. The smallest absolute Gasteiger partial charge is 0.303 e. The second-order valence-corrected chi connectivity index (χ2v) is 4.12. The Morgan fingerprint density at radius 2 is 2.00 bits per heavy atom. The molecular formula is C13H16O4. The van der Waals surface area contributed by atoms with Gasteiger partial charge < -0.3 is 14.6 Å². The Kier molecular flexibility index (Phi) is 4.12. The van der Waals surface area contributed by atoms with E-state index < -0.39 is 5.97 Å². The first-order chi connectivity index (χ1) is 8.25. The lowest BCUT2D eigenvalue weighted by Gasteiger charge is -2.29. The molecule has 1 aromatic carbocycles. The molecule has 92 valence electrons. The molecular weight excluding hydrogens is 220 g/mol. The van der Waals surface area contributed by atoms with Gasteiger partial charge in [0.25, 0.3) is 0 Å². The van der Waals surface area contributed by atoms with Crippen molar-refractivity contribution in [3.05, 3.63) is 35.9 Å². The van der Waals surface area contributed by atoms with Crippen LogP contribution in [0.2, 0.25) is 0 Å². The van der Waals surface area contributed by atoms with Gasteiger partial charge in [0.05, 0.1) is 19.3 Å². The van der Waals surface area contributed by atoms with Crippen LogP contribution in [-0.2, 0) is 14.3 Å². The molecule has 1 aliphatic heterocycles. The second kappa shape index (κ2) is 5.80. The van der Waals surface area contributed by atoms with Gasteiger partial charge in [-0.2, -0.15) is 0 Å². The third-order valence-corrected chi connectivity index (χ3v) is 2.82. The summed E-state index contributed by atoms with van der Waals surface area (Å²) in [7, 11) is 0. The van der Waals surface area contributed by atoms with Gasteiger partial charge >= 0.3 is 5.97 Å². The predicted molar refractivity (Wildman–Crippen MR) is 61.7 cm³/mol. The SMILES string of the molecule is O=C(O)CCC1COC(c2ccccc2)CO1. The minimum Gasteiger partial charge on any atom is -0.481 e. The maximum Gasteiger partial charge on any atom is 0.303 e. The van der Waals surface area contributed by atoms with Gasteiger partial charge in [-0.25, -0.2) is 0 Å². The first-order valence-electron chi connectivity index (χ1n) is 5.75. The molecule has 0 radical (unpaired) electrons. The van der Waals surface area contributed by atoms with Crippen LogP contribution >= 0.6 is 0 Å². The number of hydrogen-bond acceptors (Lipinski definition) is 3. The number of carboxylic acid groups (broad SMARTS) is 1. The van der Waals surface area contributed by atoms with Crippen molar-refractivity contribution in [3.8, 4) is 0 Å². The molecule has 0 spiro atoms. The summed E-state index contributed by atoms with van der Waals surface area (Å²) in [5.41, 5.74) is 1.10. The Morgan fingerprint density at radius 3 is 2.59 bits per heavy atom. The minimum atomic E-state index is -0.793. The van der Waals surface area contributed by atoms with E-state index in [2.05, 4.69) is 0 Å². The molecule has 1 aromatic rings. The molecule has 4 heteroatoms. The lowest BCUT2D eigenvalue weighted by molar-refractivity contribution is -0.147. The third kappa shape index (κ3) is 3.54. The van der Waals surface area contributed by atoms with Crippen molar-refractivity contribution in [3.63, 3.8) is 0 Å². The van der Waals surface area contributed by atoms with Gasteiger partial charge in [0.2, 0.25) is 0 Å². The fourth-order valence-electron chi connectivity index (χ4n) is 1.85. The van der Waals surface area contributed by atoms with E-state index in [4.69, 9.17) is 14.6 Å². The van der Waals surface area contributed by atoms with Gasteiger partial charge in [0, 0.05) is 6.42 Å². The molecule has 0 bridgehead atoms. The molecule has 2 atom stereocenters. The van der Waals surface area contributed by atoms with Crippen molar-refractivity contribution < 1.29 is 19.4 Å². The van der Waals surface area contributed by atoms with Crippen molar-refractivity contribution in [1.82, 2.24) is 0 Å². The van der Waals surface area contributed by atoms with Crippen molar-refractivity contribution >= 4 is 5.97 Å². The fraction of sp³-hybridized carbons (Fsp3) is 0.462. The summed E-state index contributed by atoms with van der Waals surface area (Å²) in [6, 6.07) is 9.91. The predicted octanol–water partition coefficient (Wildman–Crippen LogP) is 2.01. The van der Waals surface area contributed by atoms with E-state index >= 15 is 0 Å². The van der Waals surface area contributed by atoms with E-state index in [9.17, 15) is 4.79 Å². The van der Waals surface area contributed by atoms with Crippen molar-refractivity contribution in [1.29, 1.82) is 0 Å². The van der Waals surface area contributed by atoms with Crippen molar-refractivity contribution in [2.45, 2.75) is 25.0 Å². The zero-order valence-corrected chi connectivity index (χ0v) is 9.54. The Morgan fingerprint density at radius 1 is 1.24 bits per heavy atom. The van der Waals surface area contributed by atoms with Crippen LogP contribution in [-0.4, -0.2) is 30.4 Å². The van der Waals surface area contributed by atoms with Crippen LogP contribution in [0, 0.1) is 0 Å². The van der Waals surface area contributed by atoms with Crippen molar-refractivity contribution in [2.24, 2.45) is 0 Å². The molecule has 2 rings (SSSR count). The fourth-order valence-corrected chi connectivity index (χ4v) is 1.85. The van der Waals surface area contributed by atoms with Crippen LogP contribution in [0.15, 0.2) is 30.3 Å². The van der Waals surface area contributed by atoms with Gasteiger partial charge in [-0.1, -0.05) is 30.3 Å². The maximum atomic E-state index is 10.4. The number of carbonyl (C=O) groups is 1. The molecule has 1 saturated heterocycles. The van der Waals surface area contributed by atoms with E-state index in [1.807, 2.05) is 30.3 Å². The summed E-state index contributed by atoms with van der Waals surface area (Å²) in [5, 5.41) is 8.58. The molecule has 1 heterocycles. The van der Waals surface area contributed by atoms with Gasteiger partial charge in [0.15, 0.2) is 0 Å². The van der Waals surface area contributed by atoms with E-state index in [0.29, 0.717) is 19.6 Å². The van der Waals surface area contributed by atoms with Crippen LogP contribution < -0.4 is 0 Å². The van der Waals surface area contributed by atoms with Crippen LogP contribution in [0.25, 0.3) is 0 Å². The Balaban J connectivity index is 1.80. The van der Waals surface area contributed by atoms with E-state index in [1.54, 1.807) is 0 Å². The average Bonchev–Trinajstić information content (AvgIpc) is 2.38. The zero-order valence-electron chi connectivity index (χ0n) is 9.54. The summed E-state index contributed by atoms with van der Waals surface area (Å²) in [6.07, 6.45) is 0.518. The summed E-state index contributed by atoms with van der Waals surface area (Å²) in [4.78, 5) is 10.4. The summed E-state index contributed by atoms with van der Waals surface area (Å²) in [5.74, 6) is -0.793. The highest BCUT2D eigenvalue weighted by atomic mass is 16.6. The largest absolute Gasteiger partial charge is 0.481 e. The number of hydrogen-bond donors (Lipinski definition) is 1. The molecule has 17 heavy (non-hydrogen) atoms. The molecule has 0 amide bonds. The normalized spacial score (nSPS) is 24.5. The van der Waals surface area contributed by atoms with Crippen LogP contribution in [0.1, 0.15) is 24.5 Å². The molecule has 0 aromatic heterocycles. The quantitative estimate of drug-likeness (QED) is 0.868. The average molecular weight is 236 g/mol. The highest BCUT2D eigenvalue weighted by Gasteiger charge is 2.23. The highest BCUT2D eigenvalue weighted by Crippen LogP contribution is 2.23. The van der Waals surface area contributed by atoms with E-state index in [-0.39, 0.29) is 18.6 Å². The van der Waals surface area contributed by atoms with Gasteiger partial charge in [0.1, 0.15) is 6.10 Å². The molecule has 0 saturated carbocycles. The first-order valence-corrected chi connectivity index (χ1v) is 5.75. The lowest BCUT2D eigenvalue weighted by Crippen LogP contribution is -2.31. The van der Waals surface area contributed by atoms with E-state index in [0.717, 1.165) is 5.56 Å². The number of ether oxygens (including phenoxy) is 2. The van der Waals surface area contributed by atoms with Gasteiger partial charge in [-0.05, 0) is 12.0 Å². The van der Waals surface area contributed by atoms with Crippen LogP contribution in [0.3, 0.4) is 0 Å². The maximum absolute atomic E-state index is 10.4. The molecule has 1 fully saturated rings. The number of carboxylic acids is 1. The number of benzene rings is 1. The standard InChI is InChI=1S/C13H16O4/c14-13(15)7-6-11-8-17-12(9-16-11)10-4-2-1-3-5-10/h1-5,11-12H,6-9H2,(H,14,15). The Hall–Kier alpha value is -1.39. The molecule has 1 N–H and O–H groups in total. The Bertz CT molecular complexity index is 355. The number of rotatable bonds is 4. The zero-order chi connectivity index (χ0) is 12.1. The molecule has 2 unspecified atom stereocenters. The first kappa shape index (κ1) is 12.1. The minimum absolute atomic E-state index is 0.0303. The topological polar surface area (TPSA) is 55.8 Å². The molecule has 0 aliphatic carbocycles. The van der Waals surface area contributed by atoms with Crippen LogP contribution in [0.5, 0.6) is 0 Å². The van der Waals surface area contributed by atoms with E-state index in [1.165, 1.54) is 0 Å². The summed E-state index contributed by atoms with van der Waals surface area (Å²) in [6.45, 7) is 0.959.